The molecule has 4 rings (SSSR count). The highest BCUT2D eigenvalue weighted by Crippen LogP contribution is 2.48. The summed E-state index contributed by atoms with van der Waals surface area (Å²) in [4.78, 5) is 25.7. The lowest BCUT2D eigenvalue weighted by molar-refractivity contribution is -0.143. The van der Waals surface area contributed by atoms with Gasteiger partial charge in [0.1, 0.15) is 0 Å². The van der Waals surface area contributed by atoms with E-state index in [1.807, 2.05) is 0 Å². The van der Waals surface area contributed by atoms with Gasteiger partial charge in [0, 0.05) is 50.7 Å². The predicted molar refractivity (Wildman–Crippen MR) is 98.9 cm³/mol. The number of aromatic nitrogens is 2. The molecule has 2 aromatic rings. The Labute approximate surface area is 153 Å². The number of carbonyl (C=O) groups excluding carboxylic acids is 1. The van der Waals surface area contributed by atoms with Crippen molar-refractivity contribution >= 4 is 11.9 Å². The number of nitrogens with zero attached hydrogens (tertiary/aromatic N) is 4. The fraction of sp³-hybridized carbons (Fsp3) is 0.450. The molecule has 6 heteroatoms. The first kappa shape index (κ1) is 17.0. The summed E-state index contributed by atoms with van der Waals surface area (Å²) in [5.41, 5.74) is 1.72. The first-order valence-corrected chi connectivity index (χ1v) is 9.13. The number of piperazine rings is 1. The van der Waals surface area contributed by atoms with Crippen molar-refractivity contribution < 1.29 is 9.53 Å². The monoisotopic (exact) mass is 352 g/mol. The van der Waals surface area contributed by atoms with E-state index in [9.17, 15) is 4.79 Å². The molecule has 2 fully saturated rings. The van der Waals surface area contributed by atoms with Gasteiger partial charge in [-0.05, 0) is 18.4 Å². The fourth-order valence-electron chi connectivity index (χ4n) is 3.61. The van der Waals surface area contributed by atoms with Crippen molar-refractivity contribution in [1.29, 1.82) is 0 Å². The largest absolute Gasteiger partial charge is 0.468 e. The summed E-state index contributed by atoms with van der Waals surface area (Å²) >= 11 is 0. The molecular formula is C20H24N4O2. The maximum atomic E-state index is 12.0. The molecule has 0 bridgehead atoms. The molecule has 0 unspecified atom stereocenters. The maximum Gasteiger partial charge on any atom is 0.316 e. The Morgan fingerprint density at radius 2 is 1.73 bits per heavy atom. The third-order valence-electron chi connectivity index (χ3n) is 5.42. The van der Waals surface area contributed by atoms with Crippen LogP contribution in [0.25, 0.3) is 0 Å². The SMILES string of the molecule is COC(=O)C1(c2cnc(N3CCN(Cc4ccccc4)CC3)nc2)CC1. The van der Waals surface area contributed by atoms with Crippen molar-refractivity contribution in [3.8, 4) is 0 Å². The number of rotatable bonds is 5. The molecule has 136 valence electrons. The van der Waals surface area contributed by atoms with Crippen molar-refractivity contribution in [3.05, 3.63) is 53.9 Å². The van der Waals surface area contributed by atoms with Gasteiger partial charge >= 0.3 is 5.97 Å². The maximum absolute atomic E-state index is 12.0. The van der Waals surface area contributed by atoms with Gasteiger partial charge in [0.15, 0.2) is 0 Å². The van der Waals surface area contributed by atoms with E-state index < -0.39 is 5.41 Å². The van der Waals surface area contributed by atoms with E-state index in [0.717, 1.165) is 57.1 Å². The quantitative estimate of drug-likeness (QED) is 0.767. The highest BCUT2D eigenvalue weighted by molar-refractivity contribution is 5.86. The van der Waals surface area contributed by atoms with Crippen LogP contribution in [0.15, 0.2) is 42.7 Å². The third kappa shape index (κ3) is 3.29. The van der Waals surface area contributed by atoms with E-state index in [-0.39, 0.29) is 5.97 Å². The van der Waals surface area contributed by atoms with Crippen LogP contribution < -0.4 is 4.90 Å². The van der Waals surface area contributed by atoms with Crippen LogP contribution in [-0.4, -0.2) is 54.1 Å². The smallest absolute Gasteiger partial charge is 0.316 e. The van der Waals surface area contributed by atoms with Gasteiger partial charge in [-0.1, -0.05) is 30.3 Å². The van der Waals surface area contributed by atoms with E-state index in [1.165, 1.54) is 12.7 Å². The summed E-state index contributed by atoms with van der Waals surface area (Å²) in [5.74, 6) is 0.567. The molecule has 2 aliphatic rings. The van der Waals surface area contributed by atoms with Crippen LogP contribution in [0.1, 0.15) is 24.0 Å². The lowest BCUT2D eigenvalue weighted by Gasteiger charge is -2.34. The standard InChI is InChI=1S/C20H24N4O2/c1-26-18(25)20(7-8-20)17-13-21-19(22-14-17)24-11-9-23(10-12-24)15-16-5-3-2-4-6-16/h2-6,13-14H,7-12,15H2,1H3. The number of hydrogen-bond acceptors (Lipinski definition) is 6. The molecule has 0 spiro atoms. The average molecular weight is 352 g/mol. The molecule has 0 amide bonds. The highest BCUT2D eigenvalue weighted by atomic mass is 16.5. The Morgan fingerprint density at radius 3 is 2.31 bits per heavy atom. The van der Waals surface area contributed by atoms with Crippen LogP contribution >= 0.6 is 0 Å². The van der Waals surface area contributed by atoms with Crippen molar-refractivity contribution in [3.63, 3.8) is 0 Å². The van der Waals surface area contributed by atoms with Gasteiger partial charge in [-0.2, -0.15) is 0 Å². The zero-order valence-electron chi connectivity index (χ0n) is 15.1. The van der Waals surface area contributed by atoms with E-state index in [0.29, 0.717) is 0 Å². The Bertz CT molecular complexity index is 751. The van der Waals surface area contributed by atoms with Crippen molar-refractivity contribution in [2.24, 2.45) is 0 Å². The lowest BCUT2D eigenvalue weighted by Crippen LogP contribution is -2.46. The van der Waals surface area contributed by atoms with Crippen molar-refractivity contribution in [1.82, 2.24) is 14.9 Å². The molecule has 1 aromatic heterocycles. The predicted octanol–water partition coefficient (Wildman–Crippen LogP) is 2.00. The Balaban J connectivity index is 1.35. The Hall–Kier alpha value is -2.47. The molecule has 2 heterocycles. The topological polar surface area (TPSA) is 58.6 Å². The summed E-state index contributed by atoms with van der Waals surface area (Å²) < 4.78 is 4.93. The van der Waals surface area contributed by atoms with E-state index in [4.69, 9.17) is 4.74 Å². The molecule has 6 nitrogen and oxygen atoms in total. The van der Waals surface area contributed by atoms with Gasteiger partial charge < -0.3 is 9.64 Å². The number of benzene rings is 1. The molecule has 1 aliphatic carbocycles. The Morgan fingerprint density at radius 1 is 1.08 bits per heavy atom. The second-order valence-corrected chi connectivity index (χ2v) is 7.09. The van der Waals surface area contributed by atoms with Crippen LogP contribution in [0, 0.1) is 0 Å². The molecule has 1 aromatic carbocycles. The normalized spacial score (nSPS) is 19.2. The second-order valence-electron chi connectivity index (χ2n) is 7.09. The minimum atomic E-state index is -0.498. The van der Waals surface area contributed by atoms with E-state index in [2.05, 4.69) is 50.1 Å². The molecule has 0 radical (unpaired) electrons. The van der Waals surface area contributed by atoms with Crippen LogP contribution in [-0.2, 0) is 21.5 Å². The van der Waals surface area contributed by atoms with Crippen LogP contribution in [0.3, 0.4) is 0 Å². The molecule has 26 heavy (non-hydrogen) atoms. The fourth-order valence-corrected chi connectivity index (χ4v) is 3.61. The minimum absolute atomic E-state index is 0.177. The van der Waals surface area contributed by atoms with Gasteiger partial charge in [-0.3, -0.25) is 9.69 Å². The Kier molecular flexibility index (Phi) is 4.59. The zero-order valence-corrected chi connectivity index (χ0v) is 15.1. The number of ether oxygens (including phenoxy) is 1. The first-order valence-electron chi connectivity index (χ1n) is 9.13. The molecular weight excluding hydrogens is 328 g/mol. The summed E-state index contributed by atoms with van der Waals surface area (Å²) in [6.07, 6.45) is 5.23. The highest BCUT2D eigenvalue weighted by Gasteiger charge is 2.53. The summed E-state index contributed by atoms with van der Waals surface area (Å²) in [5, 5.41) is 0. The van der Waals surface area contributed by atoms with Crippen LogP contribution in [0.2, 0.25) is 0 Å². The van der Waals surface area contributed by atoms with Crippen LogP contribution in [0.4, 0.5) is 5.95 Å². The summed E-state index contributed by atoms with van der Waals surface area (Å²) in [7, 11) is 1.44. The molecule has 0 N–H and O–H groups in total. The average Bonchev–Trinajstić information content (AvgIpc) is 3.51. The number of anilines is 1. The third-order valence-corrected chi connectivity index (χ3v) is 5.42. The minimum Gasteiger partial charge on any atom is -0.468 e. The first-order chi connectivity index (χ1) is 12.7. The van der Waals surface area contributed by atoms with Gasteiger partial charge in [0.2, 0.25) is 5.95 Å². The summed E-state index contributed by atoms with van der Waals surface area (Å²) in [6.45, 7) is 4.79. The number of carbonyl (C=O) groups is 1. The number of hydrogen-bond donors (Lipinski definition) is 0. The molecule has 1 saturated carbocycles. The van der Waals surface area contributed by atoms with Gasteiger partial charge in [-0.15, -0.1) is 0 Å². The lowest BCUT2D eigenvalue weighted by atomic mass is 10.00. The molecule has 1 saturated heterocycles. The summed E-state index contributed by atoms with van der Waals surface area (Å²) in [6, 6.07) is 10.6. The van der Waals surface area contributed by atoms with Gasteiger partial charge in [0.25, 0.3) is 0 Å². The second kappa shape index (κ2) is 7.03. The van der Waals surface area contributed by atoms with Crippen LogP contribution in [0.5, 0.6) is 0 Å². The number of esters is 1. The van der Waals surface area contributed by atoms with Gasteiger partial charge in [-0.25, -0.2) is 9.97 Å². The number of methoxy groups -OCH3 is 1. The van der Waals surface area contributed by atoms with Crippen molar-refractivity contribution in [2.75, 3.05) is 38.2 Å². The molecule has 0 atom stereocenters. The zero-order chi connectivity index (χ0) is 18.0. The van der Waals surface area contributed by atoms with E-state index >= 15 is 0 Å². The molecule has 1 aliphatic heterocycles. The van der Waals surface area contributed by atoms with Gasteiger partial charge in [0.05, 0.1) is 12.5 Å². The van der Waals surface area contributed by atoms with Crippen molar-refractivity contribution in [2.45, 2.75) is 24.8 Å². The van der Waals surface area contributed by atoms with E-state index in [1.54, 1.807) is 12.4 Å².